The number of rotatable bonds is 6. The van der Waals surface area contributed by atoms with E-state index in [4.69, 9.17) is 9.47 Å². The van der Waals surface area contributed by atoms with Crippen LogP contribution >= 0.6 is 0 Å². The van der Waals surface area contributed by atoms with E-state index in [-0.39, 0.29) is 16.8 Å². The van der Waals surface area contributed by atoms with Gasteiger partial charge in [0.25, 0.3) is 0 Å². The molecule has 0 aromatic heterocycles. The second-order valence-corrected chi connectivity index (χ2v) is 11.6. The van der Waals surface area contributed by atoms with E-state index in [2.05, 4.69) is 76.2 Å². The van der Waals surface area contributed by atoms with Crippen molar-refractivity contribution in [3.05, 3.63) is 113 Å². The highest BCUT2D eigenvalue weighted by atomic mass is 16.5. The van der Waals surface area contributed by atoms with Crippen molar-refractivity contribution in [1.82, 2.24) is 0 Å². The zero-order valence-electron chi connectivity index (χ0n) is 23.0. The molecule has 0 fully saturated rings. The summed E-state index contributed by atoms with van der Waals surface area (Å²) in [5, 5.41) is 0. The molecule has 0 aliphatic heterocycles. The van der Waals surface area contributed by atoms with Gasteiger partial charge >= 0.3 is 5.97 Å². The summed E-state index contributed by atoms with van der Waals surface area (Å²) in [7, 11) is 1.40. The lowest BCUT2D eigenvalue weighted by atomic mass is 9.63. The molecule has 1 aliphatic rings. The van der Waals surface area contributed by atoms with Crippen molar-refractivity contribution < 1.29 is 14.3 Å². The lowest BCUT2D eigenvalue weighted by Gasteiger charge is -2.42. The van der Waals surface area contributed by atoms with Gasteiger partial charge in [0.2, 0.25) is 0 Å². The third-order valence-electron chi connectivity index (χ3n) is 8.02. The Morgan fingerprint density at radius 3 is 2.03 bits per heavy atom. The third-order valence-corrected chi connectivity index (χ3v) is 8.02. The standard InChI is InChI=1S/C35H36O3/c1-34(2)19-20-35(3,4)31-22-28(15-17-30(31)34)29-21-27(25-11-13-26(14-12-25)33(36)37-5)16-18-32(29)38-23-24-9-7-6-8-10-24/h6-18,21-22H,19-20,23H2,1-5H3. The van der Waals surface area contributed by atoms with Crippen LogP contribution in [0.25, 0.3) is 22.3 Å². The Balaban J connectivity index is 1.59. The first kappa shape index (κ1) is 25.8. The Labute approximate surface area is 226 Å². The van der Waals surface area contributed by atoms with Crippen LogP contribution in [0, 0.1) is 0 Å². The van der Waals surface area contributed by atoms with Crippen molar-refractivity contribution in [3.8, 4) is 28.0 Å². The second kappa shape index (κ2) is 10.1. The van der Waals surface area contributed by atoms with Crippen molar-refractivity contribution in [2.24, 2.45) is 0 Å². The van der Waals surface area contributed by atoms with Crippen LogP contribution in [0.4, 0.5) is 0 Å². The van der Waals surface area contributed by atoms with Gasteiger partial charge in [-0.15, -0.1) is 0 Å². The molecular weight excluding hydrogens is 468 g/mol. The Bertz CT molecular complexity index is 1450. The first-order chi connectivity index (χ1) is 18.2. The maximum atomic E-state index is 11.9. The van der Waals surface area contributed by atoms with Crippen molar-refractivity contribution in [1.29, 1.82) is 0 Å². The minimum atomic E-state index is -0.332. The highest BCUT2D eigenvalue weighted by molar-refractivity contribution is 5.90. The summed E-state index contributed by atoms with van der Waals surface area (Å²) in [6.07, 6.45) is 2.36. The SMILES string of the molecule is COC(=O)c1ccc(-c2ccc(OCc3ccccc3)c(-c3ccc4c(c3)C(C)(C)CCC4(C)C)c2)cc1. The molecule has 0 N–H and O–H groups in total. The van der Waals surface area contributed by atoms with Crippen molar-refractivity contribution in [3.63, 3.8) is 0 Å². The molecule has 0 bridgehead atoms. The quantitative estimate of drug-likeness (QED) is 0.246. The summed E-state index contributed by atoms with van der Waals surface area (Å²) in [6.45, 7) is 9.93. The van der Waals surface area contributed by atoms with Crippen LogP contribution in [0.1, 0.15) is 67.6 Å². The number of carbonyl (C=O) groups is 1. The topological polar surface area (TPSA) is 35.5 Å². The second-order valence-electron chi connectivity index (χ2n) is 11.6. The molecule has 3 heteroatoms. The van der Waals surface area contributed by atoms with Gasteiger partial charge in [0.1, 0.15) is 12.4 Å². The van der Waals surface area contributed by atoms with E-state index >= 15 is 0 Å². The molecule has 3 nitrogen and oxygen atoms in total. The molecule has 0 unspecified atom stereocenters. The summed E-state index contributed by atoms with van der Waals surface area (Å²) in [5.41, 5.74) is 9.16. The number of methoxy groups -OCH3 is 1. The van der Waals surface area contributed by atoms with Gasteiger partial charge in [-0.25, -0.2) is 4.79 Å². The third kappa shape index (κ3) is 5.11. The average molecular weight is 505 g/mol. The van der Waals surface area contributed by atoms with Crippen LogP contribution in [0.3, 0.4) is 0 Å². The number of benzene rings is 4. The van der Waals surface area contributed by atoms with Crippen LogP contribution in [0.5, 0.6) is 5.75 Å². The molecule has 38 heavy (non-hydrogen) atoms. The number of hydrogen-bond acceptors (Lipinski definition) is 3. The zero-order chi connectivity index (χ0) is 26.9. The van der Waals surface area contributed by atoms with Crippen LogP contribution < -0.4 is 4.74 Å². The van der Waals surface area contributed by atoms with E-state index in [0.29, 0.717) is 12.2 Å². The largest absolute Gasteiger partial charge is 0.488 e. The zero-order valence-corrected chi connectivity index (χ0v) is 23.0. The monoisotopic (exact) mass is 504 g/mol. The molecule has 194 valence electrons. The predicted molar refractivity (Wildman–Crippen MR) is 155 cm³/mol. The molecule has 0 saturated heterocycles. The number of ether oxygens (including phenoxy) is 2. The molecule has 1 aliphatic carbocycles. The van der Waals surface area contributed by atoms with Gasteiger partial charge in [-0.1, -0.05) is 94.4 Å². The fourth-order valence-corrected chi connectivity index (χ4v) is 5.47. The smallest absolute Gasteiger partial charge is 0.337 e. The van der Waals surface area contributed by atoms with Gasteiger partial charge in [0.15, 0.2) is 0 Å². The molecule has 4 aromatic carbocycles. The van der Waals surface area contributed by atoms with Crippen LogP contribution in [0.2, 0.25) is 0 Å². The van der Waals surface area contributed by atoms with E-state index in [1.807, 2.05) is 42.5 Å². The van der Waals surface area contributed by atoms with Crippen LogP contribution in [-0.2, 0) is 22.2 Å². The lowest BCUT2D eigenvalue weighted by molar-refractivity contribution is 0.0600. The average Bonchev–Trinajstić information content (AvgIpc) is 2.94. The van der Waals surface area contributed by atoms with E-state index in [1.165, 1.54) is 31.1 Å². The molecule has 0 spiro atoms. The minimum absolute atomic E-state index is 0.118. The van der Waals surface area contributed by atoms with Gasteiger partial charge in [-0.05, 0) is 81.3 Å². The predicted octanol–water partition coefficient (Wildman–Crippen LogP) is 8.74. The fraction of sp³-hybridized carbons (Fsp3) is 0.286. The van der Waals surface area contributed by atoms with Gasteiger partial charge in [0.05, 0.1) is 12.7 Å². The summed E-state index contributed by atoms with van der Waals surface area (Å²) in [6, 6.07) is 31.1. The van der Waals surface area contributed by atoms with E-state index in [0.717, 1.165) is 33.6 Å². The Morgan fingerprint density at radius 1 is 0.711 bits per heavy atom. The van der Waals surface area contributed by atoms with Crippen LogP contribution in [-0.4, -0.2) is 13.1 Å². The minimum Gasteiger partial charge on any atom is -0.488 e. The maximum absolute atomic E-state index is 11.9. The first-order valence-corrected chi connectivity index (χ1v) is 13.3. The highest BCUT2D eigenvalue weighted by Crippen LogP contribution is 2.47. The number of fused-ring (bicyclic) bond motifs is 1. The molecule has 0 atom stereocenters. The van der Waals surface area contributed by atoms with Gasteiger partial charge in [-0.2, -0.15) is 0 Å². The number of carbonyl (C=O) groups excluding carboxylic acids is 1. The Morgan fingerprint density at radius 2 is 1.34 bits per heavy atom. The Hall–Kier alpha value is -3.85. The molecule has 0 saturated carbocycles. The molecule has 0 radical (unpaired) electrons. The van der Waals surface area contributed by atoms with Crippen molar-refractivity contribution >= 4 is 5.97 Å². The lowest BCUT2D eigenvalue weighted by Crippen LogP contribution is -2.33. The molecular formula is C35H36O3. The summed E-state index contributed by atoms with van der Waals surface area (Å²) < 4.78 is 11.3. The van der Waals surface area contributed by atoms with Crippen molar-refractivity contribution in [2.75, 3.05) is 7.11 Å². The normalized spacial score (nSPS) is 15.4. The Kier molecular flexibility index (Phi) is 6.88. The fourth-order valence-electron chi connectivity index (χ4n) is 5.47. The first-order valence-electron chi connectivity index (χ1n) is 13.3. The van der Waals surface area contributed by atoms with Crippen LogP contribution in [0.15, 0.2) is 91.0 Å². The number of hydrogen-bond donors (Lipinski definition) is 0. The summed E-state index contributed by atoms with van der Waals surface area (Å²) in [4.78, 5) is 11.9. The van der Waals surface area contributed by atoms with E-state index in [1.54, 1.807) is 0 Å². The highest BCUT2D eigenvalue weighted by Gasteiger charge is 2.37. The summed E-state index contributed by atoms with van der Waals surface area (Å²) >= 11 is 0. The van der Waals surface area contributed by atoms with Gasteiger partial charge in [-0.3, -0.25) is 0 Å². The van der Waals surface area contributed by atoms with E-state index in [9.17, 15) is 4.79 Å². The molecule has 0 amide bonds. The molecule has 4 aromatic rings. The molecule has 5 rings (SSSR count). The van der Waals surface area contributed by atoms with Gasteiger partial charge < -0.3 is 9.47 Å². The molecule has 0 heterocycles. The number of esters is 1. The maximum Gasteiger partial charge on any atom is 0.337 e. The summed E-state index contributed by atoms with van der Waals surface area (Å²) in [5.74, 6) is 0.526. The van der Waals surface area contributed by atoms with Gasteiger partial charge in [0, 0.05) is 5.56 Å². The van der Waals surface area contributed by atoms with E-state index < -0.39 is 0 Å². The van der Waals surface area contributed by atoms with Crippen molar-refractivity contribution in [2.45, 2.75) is 58.0 Å².